The third kappa shape index (κ3) is 3.80. The zero-order valence-electron chi connectivity index (χ0n) is 16.1. The minimum absolute atomic E-state index is 0.134. The molecule has 0 aromatic heterocycles. The predicted octanol–water partition coefficient (Wildman–Crippen LogP) is 5.06. The van der Waals surface area contributed by atoms with Gasteiger partial charge in [0.1, 0.15) is 23.1 Å². The number of hydrogen-bond acceptors (Lipinski definition) is 5. The Morgan fingerprint density at radius 2 is 1.83 bits per heavy atom. The van der Waals surface area contributed by atoms with Crippen molar-refractivity contribution in [3.63, 3.8) is 0 Å². The van der Waals surface area contributed by atoms with Crippen molar-refractivity contribution in [1.29, 1.82) is 0 Å². The van der Waals surface area contributed by atoms with Gasteiger partial charge in [0.15, 0.2) is 5.76 Å². The lowest BCUT2D eigenvalue weighted by Gasteiger charge is -2.07. The number of carbonyl (C=O) groups is 2. The molecule has 1 aliphatic heterocycles. The summed E-state index contributed by atoms with van der Waals surface area (Å²) in [5.41, 5.74) is 0.880. The first-order valence-corrected chi connectivity index (χ1v) is 9.33. The highest BCUT2D eigenvalue weighted by Gasteiger charge is 2.28. The van der Waals surface area contributed by atoms with Gasteiger partial charge in [0.05, 0.1) is 17.7 Å². The topological polar surface area (TPSA) is 61.8 Å². The van der Waals surface area contributed by atoms with E-state index in [-0.39, 0.29) is 28.6 Å². The number of carbonyl (C=O) groups excluding carboxylic acids is 2. The smallest absolute Gasteiger partial charge is 0.346 e. The molecule has 0 bridgehead atoms. The Hall–Kier alpha value is -3.93. The first-order valence-electron chi connectivity index (χ1n) is 9.33. The molecule has 1 aliphatic rings. The van der Waals surface area contributed by atoms with Gasteiger partial charge < -0.3 is 14.2 Å². The van der Waals surface area contributed by atoms with Crippen molar-refractivity contribution in [2.75, 3.05) is 6.61 Å². The van der Waals surface area contributed by atoms with E-state index in [9.17, 15) is 14.0 Å². The first-order chi connectivity index (χ1) is 14.6. The summed E-state index contributed by atoms with van der Waals surface area (Å²) in [6.07, 6.45) is 1.61. The van der Waals surface area contributed by atoms with E-state index in [0.717, 1.165) is 0 Å². The van der Waals surface area contributed by atoms with Gasteiger partial charge in [-0.15, -0.1) is 0 Å². The molecule has 4 rings (SSSR count). The Balaban J connectivity index is 1.57. The van der Waals surface area contributed by atoms with Crippen LogP contribution in [0.1, 0.15) is 33.2 Å². The Bertz CT molecular complexity index is 1170. The molecule has 0 radical (unpaired) electrons. The van der Waals surface area contributed by atoms with Gasteiger partial charge in [0, 0.05) is 11.6 Å². The van der Waals surface area contributed by atoms with Gasteiger partial charge in [0.2, 0.25) is 5.78 Å². The lowest BCUT2D eigenvalue weighted by molar-refractivity contribution is 0.0729. The summed E-state index contributed by atoms with van der Waals surface area (Å²) in [5, 5.41) is 0. The minimum Gasteiger partial charge on any atom is -0.493 e. The number of para-hydroxylation sites is 1. The van der Waals surface area contributed by atoms with Gasteiger partial charge in [0.25, 0.3) is 0 Å². The lowest BCUT2D eigenvalue weighted by atomic mass is 10.1. The number of allylic oxidation sites excluding steroid dienone is 1. The number of halogens is 1. The minimum atomic E-state index is -0.834. The van der Waals surface area contributed by atoms with Crippen molar-refractivity contribution < 1.29 is 28.2 Å². The second-order valence-corrected chi connectivity index (χ2v) is 6.44. The molecule has 3 aromatic rings. The molecule has 0 amide bonds. The van der Waals surface area contributed by atoms with Crippen LogP contribution in [-0.4, -0.2) is 18.4 Å². The van der Waals surface area contributed by atoms with Crippen LogP contribution < -0.4 is 14.2 Å². The predicted molar refractivity (Wildman–Crippen MR) is 108 cm³/mol. The van der Waals surface area contributed by atoms with Crippen LogP contribution in [0.25, 0.3) is 6.08 Å². The van der Waals surface area contributed by atoms with Crippen LogP contribution in [0.15, 0.2) is 72.5 Å². The summed E-state index contributed by atoms with van der Waals surface area (Å²) in [6.45, 7) is 2.37. The molecular formula is C24H17FO5. The van der Waals surface area contributed by atoms with Gasteiger partial charge in [-0.05, 0) is 43.3 Å². The molecule has 0 saturated heterocycles. The number of Topliss-reactive ketones (excluding diaryl/α,β-unsaturated/α-hetero) is 1. The molecular weight excluding hydrogens is 387 g/mol. The zero-order chi connectivity index (χ0) is 21.1. The molecule has 0 aliphatic carbocycles. The fraction of sp³-hybridized carbons (Fsp3) is 0.0833. The van der Waals surface area contributed by atoms with E-state index < -0.39 is 11.8 Å². The van der Waals surface area contributed by atoms with Gasteiger partial charge in [-0.1, -0.05) is 30.3 Å². The standard InChI is InChI=1S/C24H17FO5/c1-2-28-20-10-6-3-7-15(20)13-22-23(26)18-12-11-16(14-21(18)30-22)29-24(27)17-8-4-5-9-19(17)25/h3-14H,2H2,1H3/b22-13-. The Morgan fingerprint density at radius 1 is 1.07 bits per heavy atom. The average Bonchev–Trinajstić information content (AvgIpc) is 3.04. The van der Waals surface area contributed by atoms with E-state index in [0.29, 0.717) is 23.5 Å². The second kappa shape index (κ2) is 8.21. The van der Waals surface area contributed by atoms with E-state index >= 15 is 0 Å². The van der Waals surface area contributed by atoms with Crippen molar-refractivity contribution in [3.8, 4) is 17.2 Å². The van der Waals surface area contributed by atoms with Crippen LogP contribution in [-0.2, 0) is 0 Å². The number of benzene rings is 3. The lowest BCUT2D eigenvalue weighted by Crippen LogP contribution is -2.10. The summed E-state index contributed by atoms with van der Waals surface area (Å²) >= 11 is 0. The summed E-state index contributed by atoms with van der Waals surface area (Å²) in [6, 6.07) is 17.3. The fourth-order valence-corrected chi connectivity index (χ4v) is 3.05. The first kappa shape index (κ1) is 19.4. The van der Waals surface area contributed by atoms with Gasteiger partial charge in [-0.2, -0.15) is 0 Å². The van der Waals surface area contributed by atoms with Crippen LogP contribution in [0.4, 0.5) is 4.39 Å². The average molecular weight is 404 g/mol. The molecule has 150 valence electrons. The monoisotopic (exact) mass is 404 g/mol. The molecule has 0 atom stereocenters. The van der Waals surface area contributed by atoms with Crippen molar-refractivity contribution in [3.05, 3.63) is 95.0 Å². The van der Waals surface area contributed by atoms with Crippen molar-refractivity contribution in [2.45, 2.75) is 6.92 Å². The number of rotatable bonds is 5. The summed E-state index contributed by atoms with van der Waals surface area (Å²) < 4.78 is 30.3. The fourth-order valence-electron chi connectivity index (χ4n) is 3.05. The number of esters is 1. The van der Waals surface area contributed by atoms with E-state index in [1.807, 2.05) is 31.2 Å². The maximum atomic E-state index is 13.8. The molecule has 0 saturated carbocycles. The van der Waals surface area contributed by atoms with Crippen LogP contribution >= 0.6 is 0 Å². The van der Waals surface area contributed by atoms with Crippen LogP contribution in [0.2, 0.25) is 0 Å². The summed E-state index contributed by atoms with van der Waals surface area (Å²) in [5.74, 6) is -0.617. The Labute approximate surface area is 172 Å². The number of ketones is 1. The molecule has 3 aromatic carbocycles. The van der Waals surface area contributed by atoms with Crippen LogP contribution in [0.5, 0.6) is 17.2 Å². The highest BCUT2D eigenvalue weighted by atomic mass is 19.1. The summed E-state index contributed by atoms with van der Waals surface area (Å²) in [7, 11) is 0. The highest BCUT2D eigenvalue weighted by molar-refractivity contribution is 6.14. The molecule has 0 N–H and O–H groups in total. The third-order valence-corrected chi connectivity index (χ3v) is 4.45. The Kier molecular flexibility index (Phi) is 5.30. The second-order valence-electron chi connectivity index (χ2n) is 6.44. The van der Waals surface area contributed by atoms with E-state index in [1.165, 1.54) is 36.4 Å². The van der Waals surface area contributed by atoms with Gasteiger partial charge in [-0.3, -0.25) is 4.79 Å². The molecule has 0 unspecified atom stereocenters. The molecule has 5 nitrogen and oxygen atoms in total. The van der Waals surface area contributed by atoms with Crippen molar-refractivity contribution >= 4 is 17.8 Å². The van der Waals surface area contributed by atoms with E-state index in [2.05, 4.69) is 0 Å². The maximum absolute atomic E-state index is 13.8. The highest BCUT2D eigenvalue weighted by Crippen LogP contribution is 2.36. The quantitative estimate of drug-likeness (QED) is 0.338. The molecule has 0 fully saturated rings. The number of ether oxygens (including phenoxy) is 3. The van der Waals surface area contributed by atoms with Gasteiger partial charge in [-0.25, -0.2) is 9.18 Å². The molecule has 1 heterocycles. The summed E-state index contributed by atoms with van der Waals surface area (Å²) in [4.78, 5) is 24.9. The maximum Gasteiger partial charge on any atom is 0.346 e. The number of hydrogen-bond donors (Lipinski definition) is 0. The SMILES string of the molecule is CCOc1ccccc1/C=C1\Oc2cc(OC(=O)c3ccccc3F)ccc2C1=O. The van der Waals surface area contributed by atoms with E-state index in [1.54, 1.807) is 12.1 Å². The van der Waals surface area contributed by atoms with Gasteiger partial charge >= 0.3 is 5.97 Å². The largest absolute Gasteiger partial charge is 0.493 e. The van der Waals surface area contributed by atoms with E-state index in [4.69, 9.17) is 14.2 Å². The number of fused-ring (bicyclic) bond motifs is 1. The van der Waals surface area contributed by atoms with Crippen LogP contribution in [0.3, 0.4) is 0 Å². The molecule has 6 heteroatoms. The van der Waals surface area contributed by atoms with Crippen molar-refractivity contribution in [2.24, 2.45) is 0 Å². The third-order valence-electron chi connectivity index (χ3n) is 4.45. The Morgan fingerprint density at radius 3 is 2.63 bits per heavy atom. The normalized spacial score (nSPS) is 13.7. The van der Waals surface area contributed by atoms with Crippen LogP contribution in [0, 0.1) is 5.82 Å². The molecule has 30 heavy (non-hydrogen) atoms. The molecule has 0 spiro atoms. The van der Waals surface area contributed by atoms with Crippen molar-refractivity contribution in [1.82, 2.24) is 0 Å². The zero-order valence-corrected chi connectivity index (χ0v) is 16.1.